The molecule has 0 radical (unpaired) electrons. The molecule has 0 unspecified atom stereocenters. The molecule has 0 aliphatic rings. The molecule has 17 heavy (non-hydrogen) atoms. The van der Waals surface area contributed by atoms with Crippen LogP contribution in [0.1, 0.15) is 35.9 Å². The van der Waals surface area contributed by atoms with Gasteiger partial charge in [0.1, 0.15) is 0 Å². The van der Waals surface area contributed by atoms with Gasteiger partial charge in [-0.2, -0.15) is 0 Å². The third kappa shape index (κ3) is 4.03. The number of hydrogen-bond acceptors (Lipinski definition) is 5. The number of aromatic nitrogens is 1. The summed E-state index contributed by atoms with van der Waals surface area (Å²) >= 11 is 0. The average Bonchev–Trinajstić information content (AvgIpc) is 2.32. The number of nitrogens with zero attached hydrogens (tertiary/aromatic N) is 1. The predicted octanol–water partition coefficient (Wildman–Crippen LogP) is 1.12. The van der Waals surface area contributed by atoms with Gasteiger partial charge in [0, 0.05) is 12.1 Å². The van der Waals surface area contributed by atoms with Crippen LogP contribution in [0.25, 0.3) is 0 Å². The summed E-state index contributed by atoms with van der Waals surface area (Å²) < 4.78 is 5.07. The van der Waals surface area contributed by atoms with Crippen molar-refractivity contribution in [2.45, 2.75) is 26.2 Å². The number of carbonyl (C=O) groups excluding carboxylic acids is 1. The number of ether oxygens (including phenoxy) is 1. The van der Waals surface area contributed by atoms with E-state index < -0.39 is 5.97 Å². The van der Waals surface area contributed by atoms with Crippen LogP contribution in [-0.2, 0) is 11.2 Å². The van der Waals surface area contributed by atoms with E-state index in [0.29, 0.717) is 25.3 Å². The van der Waals surface area contributed by atoms with Crippen molar-refractivity contribution >= 4 is 11.7 Å². The summed E-state index contributed by atoms with van der Waals surface area (Å²) in [5.74, 6) is -0.463. The van der Waals surface area contributed by atoms with Gasteiger partial charge >= 0.3 is 5.97 Å². The van der Waals surface area contributed by atoms with E-state index in [1.807, 2.05) is 6.92 Å². The molecule has 94 valence electrons. The second kappa shape index (κ2) is 6.85. The Morgan fingerprint density at radius 2 is 2.24 bits per heavy atom. The van der Waals surface area contributed by atoms with E-state index in [4.69, 9.17) is 16.2 Å². The lowest BCUT2D eigenvalue weighted by molar-refractivity contribution is 0.0494. The van der Waals surface area contributed by atoms with Gasteiger partial charge in [0.15, 0.2) is 5.69 Å². The zero-order valence-corrected chi connectivity index (χ0v) is 10.1. The van der Waals surface area contributed by atoms with Crippen LogP contribution >= 0.6 is 0 Å². The second-order valence-electron chi connectivity index (χ2n) is 3.77. The number of hydrogen-bond donors (Lipinski definition) is 2. The molecule has 0 atom stereocenters. The minimum absolute atomic E-state index is 0.187. The lowest BCUT2D eigenvalue weighted by Gasteiger charge is -2.07. The molecule has 0 aliphatic heterocycles. The summed E-state index contributed by atoms with van der Waals surface area (Å²) in [4.78, 5) is 15.9. The Bertz CT molecular complexity index is 380. The van der Waals surface area contributed by atoms with Crippen molar-refractivity contribution in [1.29, 1.82) is 0 Å². The van der Waals surface area contributed by atoms with Gasteiger partial charge in [-0.15, -0.1) is 0 Å². The zero-order chi connectivity index (χ0) is 12.7. The predicted molar refractivity (Wildman–Crippen MR) is 66.6 cm³/mol. The Morgan fingerprint density at radius 3 is 2.88 bits per heavy atom. The average molecular weight is 237 g/mol. The van der Waals surface area contributed by atoms with Crippen LogP contribution in [0.3, 0.4) is 0 Å². The monoisotopic (exact) mass is 237 g/mol. The Labute approximate surface area is 101 Å². The number of nitrogen functional groups attached to an aromatic ring is 1. The van der Waals surface area contributed by atoms with E-state index in [1.54, 1.807) is 12.1 Å². The van der Waals surface area contributed by atoms with Crippen molar-refractivity contribution in [2.75, 3.05) is 18.9 Å². The quantitative estimate of drug-likeness (QED) is 0.571. The molecule has 0 aromatic carbocycles. The molecule has 1 rings (SSSR count). The Hall–Kier alpha value is -1.62. The van der Waals surface area contributed by atoms with Gasteiger partial charge in [-0.3, -0.25) is 0 Å². The maximum atomic E-state index is 11.7. The largest absolute Gasteiger partial charge is 0.461 e. The molecule has 1 aromatic heterocycles. The fourth-order valence-electron chi connectivity index (χ4n) is 1.34. The van der Waals surface area contributed by atoms with Crippen LogP contribution in [-0.4, -0.2) is 24.1 Å². The lowest BCUT2D eigenvalue weighted by atomic mass is 10.2. The highest BCUT2D eigenvalue weighted by atomic mass is 16.5. The number of carbonyl (C=O) groups is 1. The number of rotatable bonds is 6. The first-order valence-corrected chi connectivity index (χ1v) is 5.81. The summed E-state index contributed by atoms with van der Waals surface area (Å²) in [5, 5.41) is 0. The van der Waals surface area contributed by atoms with Crippen molar-refractivity contribution in [1.82, 2.24) is 4.98 Å². The van der Waals surface area contributed by atoms with Crippen LogP contribution in [0.5, 0.6) is 0 Å². The molecule has 0 bridgehead atoms. The van der Waals surface area contributed by atoms with Crippen molar-refractivity contribution < 1.29 is 9.53 Å². The maximum absolute atomic E-state index is 11.7. The standard InChI is InChI=1S/C12H19N3O2/c1-2-3-8-17-12(16)11-10(14)5-4-9(15-11)6-7-13/h4-5H,2-3,6-8,13-14H2,1H3. The van der Waals surface area contributed by atoms with Gasteiger partial charge in [0.2, 0.25) is 0 Å². The zero-order valence-electron chi connectivity index (χ0n) is 10.1. The number of unbranched alkanes of at least 4 members (excludes halogenated alkanes) is 1. The normalized spacial score (nSPS) is 10.2. The molecule has 0 fully saturated rings. The Balaban J connectivity index is 2.73. The minimum atomic E-state index is -0.463. The molecule has 4 N–H and O–H groups in total. The first-order valence-electron chi connectivity index (χ1n) is 5.81. The maximum Gasteiger partial charge on any atom is 0.359 e. The van der Waals surface area contributed by atoms with Gasteiger partial charge in [-0.25, -0.2) is 9.78 Å². The number of esters is 1. The van der Waals surface area contributed by atoms with Crippen molar-refractivity contribution in [3.05, 3.63) is 23.5 Å². The molecule has 1 heterocycles. The summed E-state index contributed by atoms with van der Waals surface area (Å²) in [6.07, 6.45) is 2.44. The molecular weight excluding hydrogens is 218 g/mol. The molecule has 0 spiro atoms. The molecule has 1 aromatic rings. The van der Waals surface area contributed by atoms with Crippen molar-refractivity contribution in [2.24, 2.45) is 5.73 Å². The topological polar surface area (TPSA) is 91.2 Å². The van der Waals surface area contributed by atoms with Crippen LogP contribution in [0.15, 0.2) is 12.1 Å². The van der Waals surface area contributed by atoms with E-state index in [2.05, 4.69) is 4.98 Å². The molecule has 0 saturated carbocycles. The van der Waals surface area contributed by atoms with E-state index >= 15 is 0 Å². The first kappa shape index (κ1) is 13.4. The summed E-state index contributed by atoms with van der Waals surface area (Å²) in [5.41, 5.74) is 12.4. The van der Waals surface area contributed by atoms with Crippen LogP contribution in [0, 0.1) is 0 Å². The Kier molecular flexibility index (Phi) is 5.42. The van der Waals surface area contributed by atoms with E-state index in [1.165, 1.54) is 0 Å². The number of nitrogens with two attached hydrogens (primary N) is 2. The number of pyridine rings is 1. The first-order chi connectivity index (χ1) is 8.19. The molecule has 0 saturated heterocycles. The molecule has 5 nitrogen and oxygen atoms in total. The van der Waals surface area contributed by atoms with Crippen LogP contribution in [0.4, 0.5) is 5.69 Å². The van der Waals surface area contributed by atoms with E-state index in [-0.39, 0.29) is 5.69 Å². The lowest BCUT2D eigenvalue weighted by Crippen LogP contribution is -2.14. The highest BCUT2D eigenvalue weighted by Gasteiger charge is 2.13. The minimum Gasteiger partial charge on any atom is -0.461 e. The Morgan fingerprint density at radius 1 is 1.47 bits per heavy atom. The fraction of sp³-hybridized carbons (Fsp3) is 0.500. The smallest absolute Gasteiger partial charge is 0.359 e. The van der Waals surface area contributed by atoms with Gasteiger partial charge < -0.3 is 16.2 Å². The fourth-order valence-corrected chi connectivity index (χ4v) is 1.34. The highest BCUT2D eigenvalue weighted by Crippen LogP contribution is 2.12. The molecule has 5 heteroatoms. The third-order valence-corrected chi connectivity index (χ3v) is 2.31. The summed E-state index contributed by atoms with van der Waals surface area (Å²) in [7, 11) is 0. The summed E-state index contributed by atoms with van der Waals surface area (Å²) in [6, 6.07) is 3.43. The van der Waals surface area contributed by atoms with Crippen LogP contribution in [0.2, 0.25) is 0 Å². The summed E-state index contributed by atoms with van der Waals surface area (Å²) in [6.45, 7) is 2.92. The SMILES string of the molecule is CCCCOC(=O)c1nc(CCN)ccc1N. The third-order valence-electron chi connectivity index (χ3n) is 2.31. The van der Waals surface area contributed by atoms with Gasteiger partial charge in [0.25, 0.3) is 0 Å². The van der Waals surface area contributed by atoms with Gasteiger partial charge in [-0.1, -0.05) is 13.3 Å². The van der Waals surface area contributed by atoms with E-state index in [9.17, 15) is 4.79 Å². The van der Waals surface area contributed by atoms with Gasteiger partial charge in [-0.05, 0) is 25.1 Å². The molecule has 0 aliphatic carbocycles. The highest BCUT2D eigenvalue weighted by molar-refractivity contribution is 5.92. The van der Waals surface area contributed by atoms with Crippen LogP contribution < -0.4 is 11.5 Å². The second-order valence-corrected chi connectivity index (χ2v) is 3.77. The van der Waals surface area contributed by atoms with Gasteiger partial charge in [0.05, 0.1) is 12.3 Å². The molecular formula is C12H19N3O2. The number of anilines is 1. The van der Waals surface area contributed by atoms with Crippen molar-refractivity contribution in [3.8, 4) is 0 Å². The molecule has 0 amide bonds. The van der Waals surface area contributed by atoms with E-state index in [0.717, 1.165) is 18.5 Å². The van der Waals surface area contributed by atoms with Crippen molar-refractivity contribution in [3.63, 3.8) is 0 Å².